The second-order valence-corrected chi connectivity index (χ2v) is 5.28. The summed E-state index contributed by atoms with van der Waals surface area (Å²) in [5, 5.41) is 11.4. The average Bonchev–Trinajstić information content (AvgIpc) is 2.82. The van der Waals surface area contributed by atoms with Crippen LogP contribution in [0.2, 0.25) is 0 Å². The van der Waals surface area contributed by atoms with E-state index in [1.165, 1.54) is 37.7 Å². The molecule has 4 nitrogen and oxygen atoms in total. The lowest BCUT2D eigenvalue weighted by Gasteiger charge is -2.12. The number of carbonyl (C=O) groups is 1. The van der Waals surface area contributed by atoms with Crippen molar-refractivity contribution in [3.05, 3.63) is 23.9 Å². The van der Waals surface area contributed by atoms with Crippen molar-refractivity contribution >= 4 is 17.7 Å². The van der Waals surface area contributed by atoms with E-state index in [2.05, 4.69) is 4.98 Å². The van der Waals surface area contributed by atoms with Crippen molar-refractivity contribution in [3.8, 4) is 0 Å². The van der Waals surface area contributed by atoms with E-state index in [0.29, 0.717) is 5.03 Å². The fraction of sp³-hybridized carbons (Fsp3) is 0.500. The Morgan fingerprint density at radius 2 is 2.24 bits per heavy atom. The molecule has 0 aliphatic carbocycles. The van der Waals surface area contributed by atoms with Gasteiger partial charge in [0.2, 0.25) is 0 Å². The lowest BCUT2D eigenvalue weighted by molar-refractivity contribution is -0.884. The molecule has 92 valence electrons. The van der Waals surface area contributed by atoms with E-state index in [4.69, 9.17) is 0 Å². The number of quaternary nitrogens is 1. The number of nitrogens with one attached hydrogen (secondary N) is 1. The first-order valence-electron chi connectivity index (χ1n) is 5.90. The summed E-state index contributed by atoms with van der Waals surface area (Å²) in [5.74, 6) is -0.235. The summed E-state index contributed by atoms with van der Waals surface area (Å²) in [6, 6.07) is 3.17. The van der Waals surface area contributed by atoms with Crippen molar-refractivity contribution in [2.24, 2.45) is 0 Å². The molecule has 0 bridgehead atoms. The molecule has 17 heavy (non-hydrogen) atoms. The van der Waals surface area contributed by atoms with E-state index in [0.717, 1.165) is 12.3 Å². The van der Waals surface area contributed by atoms with Crippen LogP contribution in [-0.4, -0.2) is 36.3 Å². The van der Waals surface area contributed by atoms with E-state index < -0.39 is 5.97 Å². The highest BCUT2D eigenvalue weighted by Gasteiger charge is 2.15. The predicted molar refractivity (Wildman–Crippen MR) is 64.1 cm³/mol. The molecule has 0 radical (unpaired) electrons. The van der Waals surface area contributed by atoms with Crippen molar-refractivity contribution in [1.82, 2.24) is 4.98 Å². The van der Waals surface area contributed by atoms with Gasteiger partial charge in [-0.1, -0.05) is 11.8 Å². The Kier molecular flexibility index (Phi) is 4.39. The molecule has 0 atom stereocenters. The Morgan fingerprint density at radius 3 is 2.94 bits per heavy atom. The molecule has 0 amide bonds. The number of aromatic carboxylic acids is 1. The standard InChI is InChI=1S/C12H16N2O2S/c15-12(16)10-4-3-5-13-11(10)17-9-8-14-6-1-2-7-14/h3-5H,1-2,6-9H2,(H,15,16). The van der Waals surface area contributed by atoms with Crippen LogP contribution in [0.5, 0.6) is 0 Å². The Morgan fingerprint density at radius 1 is 1.47 bits per heavy atom. The number of thioether (sulfide) groups is 1. The second-order valence-electron chi connectivity index (χ2n) is 4.20. The fourth-order valence-electron chi connectivity index (χ4n) is 2.08. The van der Waals surface area contributed by atoms with E-state index in [-0.39, 0.29) is 5.56 Å². The zero-order valence-corrected chi connectivity index (χ0v) is 10.5. The summed E-state index contributed by atoms with van der Waals surface area (Å²) in [7, 11) is 0. The predicted octanol–water partition coefficient (Wildman–Crippen LogP) is -0.784. The Bertz CT molecular complexity index is 392. The third-order valence-electron chi connectivity index (χ3n) is 3.00. The second kappa shape index (κ2) is 6.02. The van der Waals surface area contributed by atoms with Gasteiger partial charge in [-0.3, -0.25) is 0 Å². The van der Waals surface area contributed by atoms with Crippen LogP contribution < -0.4 is 10.0 Å². The van der Waals surface area contributed by atoms with Crippen LogP contribution in [0.15, 0.2) is 23.4 Å². The normalized spacial score (nSPS) is 16.2. The zero-order chi connectivity index (χ0) is 12.1. The minimum Gasteiger partial charge on any atom is -0.545 e. The van der Waals surface area contributed by atoms with E-state index in [9.17, 15) is 9.90 Å². The number of hydrogen-bond donors (Lipinski definition) is 1. The molecule has 1 N–H and O–H groups in total. The Hall–Kier alpha value is -1.07. The van der Waals surface area contributed by atoms with Gasteiger partial charge in [0.15, 0.2) is 0 Å². The van der Waals surface area contributed by atoms with Crippen LogP contribution in [0.4, 0.5) is 0 Å². The summed E-state index contributed by atoms with van der Waals surface area (Å²) in [5.41, 5.74) is 0.203. The third-order valence-corrected chi connectivity index (χ3v) is 4.00. The summed E-state index contributed by atoms with van der Waals surface area (Å²) >= 11 is 1.51. The van der Waals surface area contributed by atoms with Crippen molar-refractivity contribution in [2.75, 3.05) is 25.4 Å². The van der Waals surface area contributed by atoms with Crippen LogP contribution in [-0.2, 0) is 0 Å². The maximum absolute atomic E-state index is 10.9. The highest BCUT2D eigenvalue weighted by Crippen LogP contribution is 2.18. The Balaban J connectivity index is 1.87. The van der Waals surface area contributed by atoms with Gasteiger partial charge in [0, 0.05) is 30.4 Å². The van der Waals surface area contributed by atoms with E-state index >= 15 is 0 Å². The quantitative estimate of drug-likeness (QED) is 0.698. The number of hydrogen-bond acceptors (Lipinski definition) is 4. The van der Waals surface area contributed by atoms with Crippen LogP contribution in [0.1, 0.15) is 23.2 Å². The largest absolute Gasteiger partial charge is 0.545 e. The van der Waals surface area contributed by atoms with Gasteiger partial charge >= 0.3 is 0 Å². The summed E-state index contributed by atoms with van der Waals surface area (Å²) < 4.78 is 0. The van der Waals surface area contributed by atoms with Gasteiger partial charge in [-0.05, 0) is 12.1 Å². The molecule has 0 aromatic carbocycles. The lowest BCUT2D eigenvalue weighted by atomic mass is 10.3. The SMILES string of the molecule is O=C([O-])c1cccnc1SCC[NH+]1CCCC1. The molecule has 0 unspecified atom stereocenters. The minimum absolute atomic E-state index is 0.203. The Labute approximate surface area is 105 Å². The molecule has 1 aliphatic heterocycles. The number of carboxylic acids is 1. The monoisotopic (exact) mass is 252 g/mol. The molecule has 1 aromatic rings. The van der Waals surface area contributed by atoms with Crippen molar-refractivity contribution in [2.45, 2.75) is 17.9 Å². The number of rotatable bonds is 5. The molecular formula is C12H16N2O2S. The molecule has 0 saturated carbocycles. The number of pyridine rings is 1. The number of nitrogens with zero attached hydrogens (tertiary/aromatic N) is 1. The van der Waals surface area contributed by atoms with Gasteiger partial charge in [0.05, 0.1) is 25.6 Å². The maximum Gasteiger partial charge on any atom is 0.105 e. The average molecular weight is 252 g/mol. The number of likely N-dealkylation sites (tertiary alicyclic amines) is 1. The summed E-state index contributed by atoms with van der Waals surface area (Å²) in [6.07, 6.45) is 4.25. The molecule has 5 heteroatoms. The molecular weight excluding hydrogens is 236 g/mol. The van der Waals surface area contributed by atoms with Gasteiger partial charge in [0.25, 0.3) is 0 Å². The van der Waals surface area contributed by atoms with Crippen molar-refractivity contribution < 1.29 is 14.8 Å². The summed E-state index contributed by atoms with van der Waals surface area (Å²) in [6.45, 7) is 3.57. The van der Waals surface area contributed by atoms with Crippen molar-refractivity contribution in [3.63, 3.8) is 0 Å². The molecule has 0 spiro atoms. The molecule has 1 fully saturated rings. The minimum atomic E-state index is -1.14. The topological polar surface area (TPSA) is 57.5 Å². The molecule has 2 rings (SSSR count). The number of carbonyl (C=O) groups excluding carboxylic acids is 1. The highest BCUT2D eigenvalue weighted by molar-refractivity contribution is 7.99. The van der Waals surface area contributed by atoms with Gasteiger partial charge in [-0.15, -0.1) is 0 Å². The van der Waals surface area contributed by atoms with Crippen LogP contribution in [0.3, 0.4) is 0 Å². The molecule has 1 aromatic heterocycles. The van der Waals surface area contributed by atoms with Gasteiger partial charge in [-0.25, -0.2) is 4.98 Å². The fourth-order valence-corrected chi connectivity index (χ4v) is 3.10. The van der Waals surface area contributed by atoms with Crippen LogP contribution >= 0.6 is 11.8 Å². The van der Waals surface area contributed by atoms with Crippen LogP contribution in [0, 0.1) is 0 Å². The third kappa shape index (κ3) is 3.44. The summed E-state index contributed by atoms with van der Waals surface area (Å²) in [4.78, 5) is 16.6. The van der Waals surface area contributed by atoms with Gasteiger partial charge < -0.3 is 14.8 Å². The smallest absolute Gasteiger partial charge is 0.105 e. The maximum atomic E-state index is 10.9. The molecule has 1 saturated heterocycles. The first-order valence-corrected chi connectivity index (χ1v) is 6.88. The van der Waals surface area contributed by atoms with Gasteiger partial charge in [0.1, 0.15) is 5.03 Å². The number of carboxylic acid groups (broad SMARTS) is 1. The zero-order valence-electron chi connectivity index (χ0n) is 9.65. The van der Waals surface area contributed by atoms with E-state index in [1.807, 2.05) is 0 Å². The highest BCUT2D eigenvalue weighted by atomic mass is 32.2. The van der Waals surface area contributed by atoms with Crippen LogP contribution in [0.25, 0.3) is 0 Å². The number of aromatic nitrogens is 1. The van der Waals surface area contributed by atoms with Crippen molar-refractivity contribution in [1.29, 1.82) is 0 Å². The first-order chi connectivity index (χ1) is 8.27. The van der Waals surface area contributed by atoms with E-state index in [1.54, 1.807) is 23.2 Å². The lowest BCUT2D eigenvalue weighted by Crippen LogP contribution is -3.10. The molecule has 1 aliphatic rings. The van der Waals surface area contributed by atoms with Gasteiger partial charge in [-0.2, -0.15) is 0 Å². The molecule has 2 heterocycles. The first kappa shape index (κ1) is 12.4.